The Kier molecular flexibility index (Phi) is 4.37. The van der Waals surface area contributed by atoms with Gasteiger partial charge in [0.15, 0.2) is 0 Å². The van der Waals surface area contributed by atoms with Crippen LogP contribution in [0.5, 0.6) is 0 Å². The van der Waals surface area contributed by atoms with Crippen LogP contribution in [0.25, 0.3) is 0 Å². The highest BCUT2D eigenvalue weighted by atomic mass is 19.1. The van der Waals surface area contributed by atoms with E-state index in [0.29, 0.717) is 25.4 Å². The summed E-state index contributed by atoms with van der Waals surface area (Å²) >= 11 is 0. The van der Waals surface area contributed by atoms with Gasteiger partial charge in [-0.05, 0) is 31.0 Å². The molecule has 0 saturated carbocycles. The van der Waals surface area contributed by atoms with Crippen LogP contribution >= 0.6 is 0 Å². The van der Waals surface area contributed by atoms with Crippen LogP contribution in [0.2, 0.25) is 0 Å². The van der Waals surface area contributed by atoms with Gasteiger partial charge in [-0.2, -0.15) is 0 Å². The van der Waals surface area contributed by atoms with Crippen molar-refractivity contribution < 1.29 is 13.9 Å². The van der Waals surface area contributed by atoms with Crippen molar-refractivity contribution in [2.45, 2.75) is 26.4 Å². The SMILES string of the molecule is CCC1CN(C(=O)Nc2cc(F)ccc2C)CCO1. The van der Waals surface area contributed by atoms with Gasteiger partial charge in [0.05, 0.1) is 12.7 Å². The maximum atomic E-state index is 13.2. The van der Waals surface area contributed by atoms with Crippen molar-refractivity contribution in [1.29, 1.82) is 0 Å². The van der Waals surface area contributed by atoms with Gasteiger partial charge in [0, 0.05) is 18.8 Å². The fourth-order valence-corrected chi connectivity index (χ4v) is 2.07. The molecule has 0 bridgehead atoms. The standard InChI is InChI=1S/C14H19FN2O2/c1-3-12-9-17(6-7-19-12)14(18)16-13-8-11(15)5-4-10(13)2/h4-5,8,12H,3,6-7,9H2,1-2H3,(H,16,18). The summed E-state index contributed by atoms with van der Waals surface area (Å²) in [5.41, 5.74) is 1.36. The normalized spacial score (nSPS) is 19.3. The molecule has 1 N–H and O–H groups in total. The van der Waals surface area contributed by atoms with E-state index in [1.807, 2.05) is 13.8 Å². The monoisotopic (exact) mass is 266 g/mol. The number of rotatable bonds is 2. The van der Waals surface area contributed by atoms with Crippen LogP contribution in [-0.4, -0.2) is 36.7 Å². The number of carbonyl (C=O) groups excluding carboxylic acids is 1. The van der Waals surface area contributed by atoms with Crippen molar-refractivity contribution in [1.82, 2.24) is 4.90 Å². The second kappa shape index (κ2) is 6.02. The van der Waals surface area contributed by atoms with Gasteiger partial charge < -0.3 is 15.0 Å². The first kappa shape index (κ1) is 13.8. The fourth-order valence-electron chi connectivity index (χ4n) is 2.07. The Labute approximate surface area is 112 Å². The number of nitrogens with zero attached hydrogens (tertiary/aromatic N) is 1. The Morgan fingerprint density at radius 3 is 3.11 bits per heavy atom. The number of morpholine rings is 1. The summed E-state index contributed by atoms with van der Waals surface area (Å²) in [5.74, 6) is -0.352. The molecule has 19 heavy (non-hydrogen) atoms. The van der Waals surface area contributed by atoms with Crippen molar-refractivity contribution in [3.05, 3.63) is 29.6 Å². The minimum Gasteiger partial charge on any atom is -0.375 e. The molecule has 1 fully saturated rings. The quantitative estimate of drug-likeness (QED) is 0.894. The van der Waals surface area contributed by atoms with E-state index < -0.39 is 0 Å². The van der Waals surface area contributed by atoms with Gasteiger partial charge in [-0.3, -0.25) is 0 Å². The van der Waals surface area contributed by atoms with E-state index in [4.69, 9.17) is 4.74 Å². The summed E-state index contributed by atoms with van der Waals surface area (Å²) in [6.07, 6.45) is 0.969. The van der Waals surface area contributed by atoms with E-state index in [9.17, 15) is 9.18 Å². The molecule has 2 rings (SSSR count). The first-order valence-electron chi connectivity index (χ1n) is 6.54. The van der Waals surface area contributed by atoms with Crippen LogP contribution in [0.3, 0.4) is 0 Å². The number of anilines is 1. The lowest BCUT2D eigenvalue weighted by Crippen LogP contribution is -2.47. The maximum Gasteiger partial charge on any atom is 0.322 e. The van der Waals surface area contributed by atoms with Crippen LogP contribution in [0.4, 0.5) is 14.9 Å². The van der Waals surface area contributed by atoms with Gasteiger partial charge in [0.2, 0.25) is 0 Å². The highest BCUT2D eigenvalue weighted by molar-refractivity contribution is 5.90. The number of aryl methyl sites for hydroxylation is 1. The zero-order chi connectivity index (χ0) is 13.8. The van der Waals surface area contributed by atoms with Crippen LogP contribution in [0.1, 0.15) is 18.9 Å². The molecule has 1 aromatic carbocycles. The Morgan fingerprint density at radius 2 is 2.37 bits per heavy atom. The van der Waals surface area contributed by atoms with Crippen LogP contribution in [-0.2, 0) is 4.74 Å². The summed E-state index contributed by atoms with van der Waals surface area (Å²) in [4.78, 5) is 13.8. The van der Waals surface area contributed by atoms with Crippen molar-refractivity contribution in [2.24, 2.45) is 0 Å². The second-order valence-corrected chi connectivity index (χ2v) is 4.74. The molecule has 1 aliphatic heterocycles. The smallest absolute Gasteiger partial charge is 0.322 e. The van der Waals surface area contributed by atoms with E-state index >= 15 is 0 Å². The largest absolute Gasteiger partial charge is 0.375 e. The lowest BCUT2D eigenvalue weighted by Gasteiger charge is -2.32. The molecule has 104 valence electrons. The average Bonchev–Trinajstić information content (AvgIpc) is 2.43. The molecule has 0 radical (unpaired) electrons. The van der Waals surface area contributed by atoms with Gasteiger partial charge in [-0.25, -0.2) is 9.18 Å². The van der Waals surface area contributed by atoms with Gasteiger partial charge in [-0.1, -0.05) is 13.0 Å². The summed E-state index contributed by atoms with van der Waals surface area (Å²) in [5, 5.41) is 2.76. The van der Waals surface area contributed by atoms with Crippen LogP contribution in [0, 0.1) is 12.7 Å². The number of carbonyl (C=O) groups is 1. The highest BCUT2D eigenvalue weighted by Crippen LogP contribution is 2.17. The number of ether oxygens (including phenoxy) is 1. The maximum absolute atomic E-state index is 13.2. The first-order valence-corrected chi connectivity index (χ1v) is 6.54. The molecule has 0 aromatic heterocycles. The summed E-state index contributed by atoms with van der Waals surface area (Å²) in [6, 6.07) is 4.17. The lowest BCUT2D eigenvalue weighted by molar-refractivity contribution is -0.0134. The number of hydrogen-bond acceptors (Lipinski definition) is 2. The summed E-state index contributed by atoms with van der Waals surface area (Å²) in [6.45, 7) is 5.56. The Morgan fingerprint density at radius 1 is 1.58 bits per heavy atom. The van der Waals surface area contributed by atoms with Gasteiger partial charge >= 0.3 is 6.03 Å². The molecule has 1 saturated heterocycles. The fraction of sp³-hybridized carbons (Fsp3) is 0.500. The number of urea groups is 1. The minimum atomic E-state index is -0.352. The van der Waals surface area contributed by atoms with Crippen LogP contribution < -0.4 is 5.32 Å². The molecule has 1 heterocycles. The number of nitrogens with one attached hydrogen (secondary N) is 1. The molecule has 1 aliphatic rings. The Hall–Kier alpha value is -1.62. The molecule has 0 aliphatic carbocycles. The predicted molar refractivity (Wildman–Crippen MR) is 71.8 cm³/mol. The molecule has 1 aromatic rings. The molecule has 5 heteroatoms. The van der Waals surface area contributed by atoms with Gasteiger partial charge in [-0.15, -0.1) is 0 Å². The third-order valence-electron chi connectivity index (χ3n) is 3.32. The first-order chi connectivity index (χ1) is 9.10. The molecule has 4 nitrogen and oxygen atoms in total. The highest BCUT2D eigenvalue weighted by Gasteiger charge is 2.23. The van der Waals surface area contributed by atoms with Crippen molar-refractivity contribution >= 4 is 11.7 Å². The number of amides is 2. The molecule has 1 unspecified atom stereocenters. The van der Waals surface area contributed by atoms with E-state index in [1.165, 1.54) is 12.1 Å². The zero-order valence-electron chi connectivity index (χ0n) is 11.3. The number of benzene rings is 1. The zero-order valence-corrected chi connectivity index (χ0v) is 11.3. The number of hydrogen-bond donors (Lipinski definition) is 1. The minimum absolute atomic E-state index is 0.0908. The van der Waals surface area contributed by atoms with E-state index in [1.54, 1.807) is 11.0 Å². The van der Waals surface area contributed by atoms with E-state index in [-0.39, 0.29) is 18.0 Å². The van der Waals surface area contributed by atoms with Crippen molar-refractivity contribution in [3.63, 3.8) is 0 Å². The number of halogens is 1. The Balaban J connectivity index is 2.02. The van der Waals surface area contributed by atoms with Crippen molar-refractivity contribution in [3.8, 4) is 0 Å². The molecule has 0 spiro atoms. The van der Waals surface area contributed by atoms with Gasteiger partial charge in [0.1, 0.15) is 5.82 Å². The van der Waals surface area contributed by atoms with Crippen LogP contribution in [0.15, 0.2) is 18.2 Å². The molecular formula is C14H19FN2O2. The van der Waals surface area contributed by atoms with E-state index in [2.05, 4.69) is 5.32 Å². The summed E-state index contributed by atoms with van der Waals surface area (Å²) in [7, 11) is 0. The van der Waals surface area contributed by atoms with E-state index in [0.717, 1.165) is 12.0 Å². The summed E-state index contributed by atoms with van der Waals surface area (Å²) < 4.78 is 18.7. The lowest BCUT2D eigenvalue weighted by atomic mass is 10.2. The third kappa shape index (κ3) is 3.44. The predicted octanol–water partition coefficient (Wildman–Crippen LogP) is 2.78. The Bertz CT molecular complexity index is 465. The average molecular weight is 266 g/mol. The molecule has 1 atom stereocenters. The van der Waals surface area contributed by atoms with Crippen molar-refractivity contribution in [2.75, 3.05) is 25.0 Å². The second-order valence-electron chi connectivity index (χ2n) is 4.74. The van der Waals surface area contributed by atoms with Gasteiger partial charge in [0.25, 0.3) is 0 Å². The molecular weight excluding hydrogens is 247 g/mol. The third-order valence-corrected chi connectivity index (χ3v) is 3.32. The molecule has 2 amide bonds. The topological polar surface area (TPSA) is 41.6 Å².